The normalized spacial score (nSPS) is 10.3. The summed E-state index contributed by atoms with van der Waals surface area (Å²) in [6, 6.07) is 9.06. The summed E-state index contributed by atoms with van der Waals surface area (Å²) in [6.07, 6.45) is 0. The summed E-state index contributed by atoms with van der Waals surface area (Å²) in [4.78, 5) is 12.0. The molecule has 0 unspecified atom stereocenters. The van der Waals surface area contributed by atoms with Crippen LogP contribution in [0.4, 0.5) is 10.1 Å². The summed E-state index contributed by atoms with van der Waals surface area (Å²) >= 11 is 0. The van der Waals surface area contributed by atoms with Gasteiger partial charge < -0.3 is 10.4 Å². The molecule has 0 aliphatic carbocycles. The number of phenols is 1. The first kappa shape index (κ1) is 13.1. The highest BCUT2D eigenvalue weighted by Crippen LogP contribution is 2.20. The topological polar surface area (TPSA) is 49.3 Å². The summed E-state index contributed by atoms with van der Waals surface area (Å²) in [6.45, 7) is 3.55. The van der Waals surface area contributed by atoms with Gasteiger partial charge in [-0.05, 0) is 49.2 Å². The molecule has 0 aliphatic heterocycles. The van der Waals surface area contributed by atoms with Crippen LogP contribution in [0, 0.1) is 19.7 Å². The summed E-state index contributed by atoms with van der Waals surface area (Å²) in [5, 5.41) is 12.0. The Morgan fingerprint density at radius 2 is 1.89 bits per heavy atom. The van der Waals surface area contributed by atoms with E-state index in [2.05, 4.69) is 5.32 Å². The van der Waals surface area contributed by atoms with Crippen molar-refractivity contribution >= 4 is 11.6 Å². The van der Waals surface area contributed by atoms with Gasteiger partial charge in [-0.3, -0.25) is 4.79 Å². The lowest BCUT2D eigenvalue weighted by atomic mass is 10.1. The molecule has 98 valence electrons. The maximum absolute atomic E-state index is 13.5. The van der Waals surface area contributed by atoms with Gasteiger partial charge in [-0.25, -0.2) is 4.39 Å². The largest absolute Gasteiger partial charge is 0.508 e. The summed E-state index contributed by atoms with van der Waals surface area (Å²) in [5.74, 6) is -0.910. The number of halogens is 1. The lowest BCUT2D eigenvalue weighted by Gasteiger charge is -2.08. The molecule has 2 aromatic carbocycles. The van der Waals surface area contributed by atoms with Crippen LogP contribution in [-0.2, 0) is 0 Å². The molecule has 2 N–H and O–H groups in total. The number of benzene rings is 2. The average molecular weight is 259 g/mol. The second-order valence-electron chi connectivity index (χ2n) is 4.44. The SMILES string of the molecule is Cc1ccc(F)c(NC(=O)c2ccc(C)c(O)c2)c1. The Balaban J connectivity index is 2.25. The van der Waals surface area contributed by atoms with Crippen LogP contribution in [0.25, 0.3) is 0 Å². The molecule has 2 aromatic rings. The van der Waals surface area contributed by atoms with Crippen molar-refractivity contribution in [3.8, 4) is 5.75 Å². The molecule has 3 nitrogen and oxygen atoms in total. The molecule has 0 saturated heterocycles. The van der Waals surface area contributed by atoms with Gasteiger partial charge in [0.25, 0.3) is 5.91 Å². The third-order valence-electron chi connectivity index (χ3n) is 2.84. The van der Waals surface area contributed by atoms with Gasteiger partial charge >= 0.3 is 0 Å². The van der Waals surface area contributed by atoms with Crippen molar-refractivity contribution in [2.75, 3.05) is 5.32 Å². The molecule has 0 aromatic heterocycles. The van der Waals surface area contributed by atoms with Crippen LogP contribution in [0.3, 0.4) is 0 Å². The quantitative estimate of drug-likeness (QED) is 0.868. The van der Waals surface area contributed by atoms with E-state index in [4.69, 9.17) is 0 Å². The van der Waals surface area contributed by atoms with E-state index in [1.54, 1.807) is 31.2 Å². The van der Waals surface area contributed by atoms with E-state index in [0.717, 1.165) is 5.56 Å². The van der Waals surface area contributed by atoms with Gasteiger partial charge in [0, 0.05) is 5.56 Å². The standard InChI is InChI=1S/C15H14FNO2/c1-9-3-6-12(16)13(7-9)17-15(19)11-5-4-10(2)14(18)8-11/h3-8,18H,1-2H3,(H,17,19). The maximum atomic E-state index is 13.5. The van der Waals surface area contributed by atoms with Crippen molar-refractivity contribution in [3.05, 3.63) is 58.9 Å². The number of phenolic OH excluding ortho intramolecular Hbond substituents is 1. The number of hydrogen-bond acceptors (Lipinski definition) is 2. The molecule has 0 spiro atoms. The molecule has 0 heterocycles. The second kappa shape index (κ2) is 5.10. The lowest BCUT2D eigenvalue weighted by molar-refractivity contribution is 0.102. The zero-order chi connectivity index (χ0) is 14.0. The molecule has 0 atom stereocenters. The number of anilines is 1. The number of hydrogen-bond donors (Lipinski definition) is 2. The molecule has 19 heavy (non-hydrogen) atoms. The van der Waals surface area contributed by atoms with Gasteiger partial charge in [-0.15, -0.1) is 0 Å². The summed E-state index contributed by atoms with van der Waals surface area (Å²) in [7, 11) is 0. The van der Waals surface area contributed by atoms with Crippen LogP contribution >= 0.6 is 0 Å². The summed E-state index contributed by atoms with van der Waals surface area (Å²) < 4.78 is 13.5. The fraction of sp³-hybridized carbons (Fsp3) is 0.133. The number of nitrogens with one attached hydrogen (secondary N) is 1. The zero-order valence-corrected chi connectivity index (χ0v) is 10.7. The molecular weight excluding hydrogens is 245 g/mol. The van der Waals surface area contributed by atoms with Gasteiger partial charge in [0.2, 0.25) is 0 Å². The zero-order valence-electron chi connectivity index (χ0n) is 10.7. The number of carbonyl (C=O) groups is 1. The van der Waals surface area contributed by atoms with Crippen LogP contribution in [0.5, 0.6) is 5.75 Å². The Morgan fingerprint density at radius 1 is 1.16 bits per heavy atom. The first-order valence-corrected chi connectivity index (χ1v) is 5.84. The highest BCUT2D eigenvalue weighted by Gasteiger charge is 2.10. The van der Waals surface area contributed by atoms with E-state index < -0.39 is 11.7 Å². The van der Waals surface area contributed by atoms with Crippen molar-refractivity contribution in [3.63, 3.8) is 0 Å². The number of aryl methyl sites for hydroxylation is 2. The Morgan fingerprint density at radius 3 is 2.58 bits per heavy atom. The Labute approximate surface area is 110 Å². The molecule has 0 bridgehead atoms. The maximum Gasteiger partial charge on any atom is 0.255 e. The van der Waals surface area contributed by atoms with Crippen molar-refractivity contribution in [2.45, 2.75) is 13.8 Å². The predicted octanol–water partition coefficient (Wildman–Crippen LogP) is 3.40. The van der Waals surface area contributed by atoms with Gasteiger partial charge in [0.15, 0.2) is 0 Å². The minimum absolute atomic E-state index is 0.0392. The number of amides is 1. The molecule has 0 aliphatic rings. The van der Waals surface area contributed by atoms with Crippen LogP contribution in [-0.4, -0.2) is 11.0 Å². The highest BCUT2D eigenvalue weighted by molar-refractivity contribution is 6.04. The third-order valence-corrected chi connectivity index (χ3v) is 2.84. The molecule has 2 rings (SSSR count). The molecular formula is C15H14FNO2. The van der Waals surface area contributed by atoms with Crippen LogP contribution in [0.15, 0.2) is 36.4 Å². The van der Waals surface area contributed by atoms with Crippen molar-refractivity contribution in [1.29, 1.82) is 0 Å². The first-order valence-electron chi connectivity index (χ1n) is 5.84. The van der Waals surface area contributed by atoms with Crippen molar-refractivity contribution in [1.82, 2.24) is 0 Å². The fourth-order valence-electron chi connectivity index (χ4n) is 1.68. The second-order valence-corrected chi connectivity index (χ2v) is 4.44. The van der Waals surface area contributed by atoms with Gasteiger partial charge in [0.05, 0.1) is 5.69 Å². The Bertz CT molecular complexity index is 638. The molecule has 4 heteroatoms. The third kappa shape index (κ3) is 2.91. The Hall–Kier alpha value is -2.36. The van der Waals surface area contributed by atoms with E-state index in [1.165, 1.54) is 12.1 Å². The van der Waals surface area contributed by atoms with Gasteiger partial charge in [-0.1, -0.05) is 12.1 Å². The Kier molecular flexibility index (Phi) is 3.51. The van der Waals surface area contributed by atoms with E-state index in [0.29, 0.717) is 5.56 Å². The van der Waals surface area contributed by atoms with E-state index in [-0.39, 0.29) is 17.0 Å². The van der Waals surface area contributed by atoms with Crippen LogP contribution in [0.1, 0.15) is 21.5 Å². The van der Waals surface area contributed by atoms with Gasteiger partial charge in [-0.2, -0.15) is 0 Å². The highest BCUT2D eigenvalue weighted by atomic mass is 19.1. The monoisotopic (exact) mass is 259 g/mol. The van der Waals surface area contributed by atoms with E-state index in [1.807, 2.05) is 6.92 Å². The smallest absolute Gasteiger partial charge is 0.255 e. The molecule has 0 radical (unpaired) electrons. The lowest BCUT2D eigenvalue weighted by Crippen LogP contribution is -2.13. The predicted molar refractivity (Wildman–Crippen MR) is 71.9 cm³/mol. The fourth-order valence-corrected chi connectivity index (χ4v) is 1.68. The van der Waals surface area contributed by atoms with Crippen LogP contribution in [0.2, 0.25) is 0 Å². The molecule has 0 fully saturated rings. The molecule has 0 saturated carbocycles. The average Bonchev–Trinajstić information content (AvgIpc) is 2.37. The van der Waals surface area contributed by atoms with E-state index in [9.17, 15) is 14.3 Å². The number of carbonyl (C=O) groups excluding carboxylic acids is 1. The van der Waals surface area contributed by atoms with Crippen LogP contribution < -0.4 is 5.32 Å². The molecule has 1 amide bonds. The van der Waals surface area contributed by atoms with Crippen molar-refractivity contribution in [2.24, 2.45) is 0 Å². The van der Waals surface area contributed by atoms with Crippen molar-refractivity contribution < 1.29 is 14.3 Å². The summed E-state index contributed by atoms with van der Waals surface area (Å²) in [5.41, 5.74) is 1.94. The number of rotatable bonds is 2. The van der Waals surface area contributed by atoms with E-state index >= 15 is 0 Å². The minimum atomic E-state index is -0.490. The van der Waals surface area contributed by atoms with Gasteiger partial charge in [0.1, 0.15) is 11.6 Å². The first-order chi connectivity index (χ1) is 8.97. The minimum Gasteiger partial charge on any atom is -0.508 e. The number of aromatic hydroxyl groups is 1.